The average Bonchev–Trinajstić information content (AvgIpc) is 3.80. The number of carbonyl (C=O) groups excluding carboxylic acids is 1. The van der Waals surface area contributed by atoms with E-state index in [0.29, 0.717) is 22.9 Å². The summed E-state index contributed by atoms with van der Waals surface area (Å²) >= 11 is 12.7. The van der Waals surface area contributed by atoms with Crippen LogP contribution in [0.3, 0.4) is 0 Å². The number of carboxylic acids is 1. The van der Waals surface area contributed by atoms with Crippen LogP contribution >= 0.6 is 23.2 Å². The molecule has 7 nitrogen and oxygen atoms in total. The summed E-state index contributed by atoms with van der Waals surface area (Å²) in [6.45, 7) is 1.75. The molecule has 1 aliphatic carbocycles. The van der Waals surface area contributed by atoms with Crippen LogP contribution in [0.25, 0.3) is 0 Å². The zero-order chi connectivity index (χ0) is 30.8. The minimum atomic E-state index is -3.66. The number of carboxylic acid groups (broad SMARTS) is 1. The molecule has 5 rings (SSSR count). The molecule has 0 spiro atoms. The van der Waals surface area contributed by atoms with E-state index in [4.69, 9.17) is 23.2 Å². The molecule has 228 valence electrons. The van der Waals surface area contributed by atoms with E-state index in [9.17, 15) is 23.1 Å². The summed E-state index contributed by atoms with van der Waals surface area (Å²) in [4.78, 5) is 28.4. The van der Waals surface area contributed by atoms with Crippen molar-refractivity contribution in [3.63, 3.8) is 0 Å². The van der Waals surface area contributed by atoms with Gasteiger partial charge in [0, 0.05) is 28.5 Å². The van der Waals surface area contributed by atoms with Crippen molar-refractivity contribution in [2.75, 3.05) is 12.3 Å². The molecule has 1 heterocycles. The Bertz CT molecular complexity index is 1560. The van der Waals surface area contributed by atoms with Crippen LogP contribution < -0.4 is 4.72 Å². The number of hydrogen-bond donors (Lipinski definition) is 2. The second-order valence-electron chi connectivity index (χ2n) is 12.0. The van der Waals surface area contributed by atoms with Gasteiger partial charge in [-0.3, -0.25) is 9.59 Å². The quantitative estimate of drug-likeness (QED) is 0.236. The highest BCUT2D eigenvalue weighted by Gasteiger charge is 2.54. The van der Waals surface area contributed by atoms with Crippen LogP contribution in [0.5, 0.6) is 0 Å². The number of hydrogen-bond acceptors (Lipinski definition) is 4. The minimum absolute atomic E-state index is 0.0447. The molecule has 2 fully saturated rings. The predicted molar refractivity (Wildman–Crippen MR) is 169 cm³/mol. The van der Waals surface area contributed by atoms with Crippen molar-refractivity contribution in [1.29, 1.82) is 0 Å². The van der Waals surface area contributed by atoms with E-state index < -0.39 is 33.5 Å². The lowest BCUT2D eigenvalue weighted by molar-refractivity contribution is -0.161. The van der Waals surface area contributed by atoms with Crippen molar-refractivity contribution in [1.82, 2.24) is 9.62 Å². The highest BCUT2D eigenvalue weighted by Crippen LogP contribution is 2.54. The molecular formula is C33H36Cl2N2O5S. The van der Waals surface area contributed by atoms with E-state index in [0.717, 1.165) is 29.5 Å². The number of benzene rings is 3. The monoisotopic (exact) mass is 642 g/mol. The van der Waals surface area contributed by atoms with Crippen LogP contribution in [0.2, 0.25) is 10.0 Å². The van der Waals surface area contributed by atoms with Crippen molar-refractivity contribution in [2.45, 2.75) is 57.0 Å². The maximum absolute atomic E-state index is 14.5. The van der Waals surface area contributed by atoms with Gasteiger partial charge in [0.05, 0.1) is 23.6 Å². The fraction of sp³-hybridized carbons (Fsp3) is 0.394. The third-order valence-electron chi connectivity index (χ3n) is 8.67. The van der Waals surface area contributed by atoms with Crippen LogP contribution in [0.4, 0.5) is 0 Å². The van der Waals surface area contributed by atoms with Crippen molar-refractivity contribution in [3.8, 4) is 0 Å². The number of carbonyl (C=O) groups is 2. The van der Waals surface area contributed by atoms with Crippen LogP contribution in [0, 0.1) is 11.3 Å². The standard InChI is InChI=1S/C33H36Cl2N2O5S/c1-33(20-30(38)39)19-28(25-8-5-9-27(35)18-25)31(24-12-14-26(34)15-13-24)37(32(33)40)29(23-10-11-23)21-36-43(41,42)17-16-22-6-3-2-4-7-22/h2-9,12-15,18,23,28-29,31,36H,10-11,16-17,19-21H2,1H3,(H,38,39)/t28-,29-,31-,33-/m1/s1. The number of nitrogens with one attached hydrogen (secondary N) is 1. The van der Waals surface area contributed by atoms with Crippen LogP contribution in [0.15, 0.2) is 78.9 Å². The Morgan fingerprint density at radius 1 is 1.00 bits per heavy atom. The Labute approximate surface area is 263 Å². The number of amides is 1. The summed E-state index contributed by atoms with van der Waals surface area (Å²) in [5.41, 5.74) is 1.45. The van der Waals surface area contributed by atoms with E-state index in [-0.39, 0.29) is 36.5 Å². The lowest BCUT2D eigenvalue weighted by atomic mass is 9.67. The average molecular weight is 644 g/mol. The molecule has 1 saturated heterocycles. The molecule has 3 aromatic carbocycles. The van der Waals surface area contributed by atoms with Crippen molar-refractivity contribution >= 4 is 45.1 Å². The number of aryl methyl sites for hydroxylation is 1. The smallest absolute Gasteiger partial charge is 0.304 e. The van der Waals surface area contributed by atoms with Gasteiger partial charge in [-0.15, -0.1) is 0 Å². The van der Waals surface area contributed by atoms with Gasteiger partial charge in [-0.05, 0) is 72.6 Å². The molecule has 1 saturated carbocycles. The maximum atomic E-state index is 14.5. The number of aliphatic carboxylic acids is 1. The molecule has 0 radical (unpaired) electrons. The minimum Gasteiger partial charge on any atom is -0.481 e. The van der Waals surface area contributed by atoms with Crippen LogP contribution in [0.1, 0.15) is 61.3 Å². The van der Waals surface area contributed by atoms with Gasteiger partial charge < -0.3 is 10.0 Å². The maximum Gasteiger partial charge on any atom is 0.304 e. The molecular weight excluding hydrogens is 607 g/mol. The van der Waals surface area contributed by atoms with Crippen LogP contribution in [-0.4, -0.2) is 48.6 Å². The molecule has 43 heavy (non-hydrogen) atoms. The highest BCUT2D eigenvalue weighted by molar-refractivity contribution is 7.89. The molecule has 10 heteroatoms. The number of halogens is 2. The Balaban J connectivity index is 1.53. The molecule has 2 N–H and O–H groups in total. The fourth-order valence-electron chi connectivity index (χ4n) is 6.40. The molecule has 0 aromatic heterocycles. The Kier molecular flexibility index (Phi) is 9.52. The van der Waals surface area contributed by atoms with Gasteiger partial charge in [-0.2, -0.15) is 0 Å². The molecule has 1 aliphatic heterocycles. The molecule has 4 atom stereocenters. The van der Waals surface area contributed by atoms with Gasteiger partial charge in [-0.25, -0.2) is 13.1 Å². The van der Waals surface area contributed by atoms with Gasteiger partial charge in [-0.1, -0.05) is 84.7 Å². The Morgan fingerprint density at radius 2 is 1.70 bits per heavy atom. The summed E-state index contributed by atoms with van der Waals surface area (Å²) in [5.74, 6) is -1.63. The first-order valence-electron chi connectivity index (χ1n) is 14.5. The third-order valence-corrected chi connectivity index (χ3v) is 10.5. The van der Waals surface area contributed by atoms with E-state index in [1.165, 1.54) is 0 Å². The van der Waals surface area contributed by atoms with Crippen molar-refractivity contribution in [3.05, 3.63) is 106 Å². The first-order valence-corrected chi connectivity index (χ1v) is 16.9. The normalized spacial score (nSPS) is 23.2. The molecule has 3 aromatic rings. The number of rotatable bonds is 12. The fourth-order valence-corrected chi connectivity index (χ4v) is 7.80. The lowest BCUT2D eigenvalue weighted by Crippen LogP contribution is -2.59. The number of sulfonamides is 1. The zero-order valence-corrected chi connectivity index (χ0v) is 26.3. The van der Waals surface area contributed by atoms with Crippen molar-refractivity contribution in [2.24, 2.45) is 11.3 Å². The largest absolute Gasteiger partial charge is 0.481 e. The van der Waals surface area contributed by atoms with Crippen LogP contribution in [-0.2, 0) is 26.0 Å². The van der Waals surface area contributed by atoms with E-state index in [2.05, 4.69) is 4.72 Å². The summed E-state index contributed by atoms with van der Waals surface area (Å²) < 4.78 is 29.2. The molecule has 1 amide bonds. The predicted octanol–water partition coefficient (Wildman–Crippen LogP) is 6.47. The zero-order valence-electron chi connectivity index (χ0n) is 24.0. The Morgan fingerprint density at radius 3 is 2.33 bits per heavy atom. The second kappa shape index (κ2) is 13.0. The Hall–Kier alpha value is -2.91. The van der Waals surface area contributed by atoms with E-state index >= 15 is 0 Å². The second-order valence-corrected chi connectivity index (χ2v) is 14.8. The first-order chi connectivity index (χ1) is 20.5. The van der Waals surface area contributed by atoms with E-state index in [1.807, 2.05) is 60.7 Å². The molecule has 0 bridgehead atoms. The first kappa shape index (κ1) is 31.5. The van der Waals surface area contributed by atoms with Crippen molar-refractivity contribution < 1.29 is 23.1 Å². The summed E-state index contributed by atoms with van der Waals surface area (Å²) in [5, 5.41) is 11.0. The van der Waals surface area contributed by atoms with Gasteiger partial charge >= 0.3 is 5.97 Å². The summed E-state index contributed by atoms with van der Waals surface area (Å²) in [6.07, 6.45) is 2.03. The topological polar surface area (TPSA) is 104 Å². The molecule has 0 unspecified atom stereocenters. The van der Waals surface area contributed by atoms with Gasteiger partial charge in [0.1, 0.15) is 0 Å². The molecule has 2 aliphatic rings. The number of piperidine rings is 1. The highest BCUT2D eigenvalue weighted by atomic mass is 35.5. The SMILES string of the molecule is C[C@]1(CC(=O)O)C[C@H](c2cccc(Cl)c2)[C@@H](c2ccc(Cl)cc2)N([C@H](CNS(=O)(=O)CCc2ccccc2)C2CC2)C1=O. The summed E-state index contributed by atoms with van der Waals surface area (Å²) in [6, 6.07) is 23.3. The number of likely N-dealkylation sites (tertiary alicyclic amines) is 1. The van der Waals surface area contributed by atoms with E-state index in [1.54, 1.807) is 30.0 Å². The summed E-state index contributed by atoms with van der Waals surface area (Å²) in [7, 11) is -3.66. The number of nitrogens with zero attached hydrogens (tertiary/aromatic N) is 1. The van der Waals surface area contributed by atoms with Gasteiger partial charge in [0.25, 0.3) is 0 Å². The van der Waals surface area contributed by atoms with Gasteiger partial charge in [0.15, 0.2) is 0 Å². The lowest BCUT2D eigenvalue weighted by Gasteiger charge is -2.52. The van der Waals surface area contributed by atoms with Gasteiger partial charge in [0.2, 0.25) is 15.9 Å². The third kappa shape index (κ3) is 7.60.